The molecule has 0 spiro atoms. The van der Waals surface area contributed by atoms with Crippen molar-refractivity contribution >= 4 is 5.57 Å². The number of hydrogen-bond donors (Lipinski definition) is 1. The van der Waals surface area contributed by atoms with Gasteiger partial charge in [0.05, 0.1) is 12.3 Å². The molecule has 1 heterocycles. The summed E-state index contributed by atoms with van der Waals surface area (Å²) in [7, 11) is 0. The van der Waals surface area contributed by atoms with Gasteiger partial charge in [0.1, 0.15) is 12.5 Å². The molecule has 0 saturated heterocycles. The van der Waals surface area contributed by atoms with Crippen LogP contribution in [0.15, 0.2) is 70.8 Å². The fourth-order valence-corrected chi connectivity index (χ4v) is 2.80. The zero-order chi connectivity index (χ0) is 19.4. The Morgan fingerprint density at radius 2 is 1.78 bits per heavy atom. The van der Waals surface area contributed by atoms with Crippen molar-refractivity contribution in [1.29, 1.82) is 0 Å². The second-order valence-electron chi connectivity index (χ2n) is 6.11. The van der Waals surface area contributed by atoms with Crippen molar-refractivity contribution in [3.63, 3.8) is 0 Å². The van der Waals surface area contributed by atoms with Gasteiger partial charge in [0.25, 0.3) is 5.56 Å². The smallest absolute Gasteiger partial charge is 0.330 e. The largest absolute Gasteiger partial charge is 0.356 e. The van der Waals surface area contributed by atoms with E-state index in [-0.39, 0.29) is 12.5 Å². The van der Waals surface area contributed by atoms with Crippen molar-refractivity contribution in [1.82, 2.24) is 9.55 Å². The van der Waals surface area contributed by atoms with Crippen molar-refractivity contribution in [3.05, 3.63) is 110 Å². The van der Waals surface area contributed by atoms with Crippen LogP contribution >= 0.6 is 0 Å². The topological polar surface area (TPSA) is 64.1 Å². The van der Waals surface area contributed by atoms with E-state index in [4.69, 9.17) is 4.74 Å². The summed E-state index contributed by atoms with van der Waals surface area (Å²) in [6, 6.07) is 15.3. The quantitative estimate of drug-likeness (QED) is 0.729. The van der Waals surface area contributed by atoms with Crippen molar-refractivity contribution in [2.45, 2.75) is 20.3 Å². The van der Waals surface area contributed by atoms with Gasteiger partial charge in [-0.3, -0.25) is 14.3 Å². The van der Waals surface area contributed by atoms with Crippen LogP contribution in [0.3, 0.4) is 0 Å². The van der Waals surface area contributed by atoms with Crippen molar-refractivity contribution in [2.24, 2.45) is 0 Å². The SMILES string of the molecule is C=C(c1ccc(F)cc1)c1c(C)c(=O)[nH]c(=O)n1COCc1ccccc1. The Morgan fingerprint density at radius 1 is 1.11 bits per heavy atom. The molecule has 0 bridgehead atoms. The predicted molar refractivity (Wildman–Crippen MR) is 102 cm³/mol. The van der Waals surface area contributed by atoms with Gasteiger partial charge in [0.2, 0.25) is 0 Å². The molecule has 0 aliphatic heterocycles. The number of aromatic amines is 1. The Morgan fingerprint density at radius 3 is 2.44 bits per heavy atom. The number of halogens is 1. The van der Waals surface area contributed by atoms with Gasteiger partial charge in [-0.25, -0.2) is 9.18 Å². The molecule has 2 aromatic carbocycles. The third-order valence-corrected chi connectivity index (χ3v) is 4.24. The van der Waals surface area contributed by atoms with Gasteiger partial charge < -0.3 is 4.74 Å². The van der Waals surface area contributed by atoms with Gasteiger partial charge >= 0.3 is 5.69 Å². The molecule has 0 amide bonds. The second-order valence-corrected chi connectivity index (χ2v) is 6.11. The molecule has 0 fully saturated rings. The summed E-state index contributed by atoms with van der Waals surface area (Å²) in [6.45, 7) is 5.87. The summed E-state index contributed by atoms with van der Waals surface area (Å²) in [5.74, 6) is -0.377. The fourth-order valence-electron chi connectivity index (χ4n) is 2.80. The van der Waals surface area contributed by atoms with E-state index >= 15 is 0 Å². The number of rotatable bonds is 6. The van der Waals surface area contributed by atoms with Crippen LogP contribution in [0.5, 0.6) is 0 Å². The van der Waals surface area contributed by atoms with Crippen LogP contribution in [-0.4, -0.2) is 9.55 Å². The van der Waals surface area contributed by atoms with Gasteiger partial charge in [0.15, 0.2) is 0 Å². The summed E-state index contributed by atoms with van der Waals surface area (Å²) in [4.78, 5) is 26.7. The first-order chi connectivity index (χ1) is 13.0. The first-order valence-corrected chi connectivity index (χ1v) is 8.38. The standard InChI is InChI=1S/C21H19FN2O3/c1-14(17-8-10-18(22)11-9-17)19-15(2)20(25)23-21(26)24(19)13-27-12-16-6-4-3-5-7-16/h3-11H,1,12-13H2,2H3,(H,23,25,26). The number of benzene rings is 2. The van der Waals surface area contributed by atoms with E-state index in [1.54, 1.807) is 19.1 Å². The van der Waals surface area contributed by atoms with Gasteiger partial charge in [0, 0.05) is 5.56 Å². The molecule has 0 aliphatic carbocycles. The van der Waals surface area contributed by atoms with Crippen LogP contribution in [-0.2, 0) is 18.1 Å². The summed E-state index contributed by atoms with van der Waals surface area (Å²) in [5, 5.41) is 0. The molecule has 1 aromatic heterocycles. The monoisotopic (exact) mass is 366 g/mol. The summed E-state index contributed by atoms with van der Waals surface area (Å²) >= 11 is 0. The number of hydrogen-bond acceptors (Lipinski definition) is 3. The summed E-state index contributed by atoms with van der Waals surface area (Å²) in [6.07, 6.45) is 0. The number of aromatic nitrogens is 2. The average molecular weight is 366 g/mol. The van der Waals surface area contributed by atoms with E-state index in [2.05, 4.69) is 11.6 Å². The zero-order valence-corrected chi connectivity index (χ0v) is 14.9. The van der Waals surface area contributed by atoms with E-state index in [9.17, 15) is 14.0 Å². The number of H-pyrrole nitrogens is 1. The lowest BCUT2D eigenvalue weighted by molar-refractivity contribution is 0.0601. The van der Waals surface area contributed by atoms with E-state index in [1.165, 1.54) is 16.7 Å². The van der Waals surface area contributed by atoms with Crippen LogP contribution in [0.4, 0.5) is 4.39 Å². The molecule has 5 nitrogen and oxygen atoms in total. The third kappa shape index (κ3) is 4.12. The lowest BCUT2D eigenvalue weighted by Crippen LogP contribution is -2.35. The molecule has 27 heavy (non-hydrogen) atoms. The highest BCUT2D eigenvalue weighted by atomic mass is 19.1. The lowest BCUT2D eigenvalue weighted by atomic mass is 10.0. The minimum Gasteiger partial charge on any atom is -0.356 e. The van der Waals surface area contributed by atoms with Crippen molar-refractivity contribution in [3.8, 4) is 0 Å². The van der Waals surface area contributed by atoms with Crippen molar-refractivity contribution < 1.29 is 9.13 Å². The minimum absolute atomic E-state index is 0.0547. The second kappa shape index (κ2) is 7.97. The minimum atomic E-state index is -0.586. The molecule has 138 valence electrons. The van der Waals surface area contributed by atoms with E-state index in [0.717, 1.165) is 5.56 Å². The molecule has 3 aromatic rings. The molecule has 3 rings (SSSR count). The number of nitrogens with one attached hydrogen (secondary N) is 1. The predicted octanol–water partition coefficient (Wildman–Crippen LogP) is 3.22. The molecule has 6 heteroatoms. The van der Waals surface area contributed by atoms with Gasteiger partial charge in [-0.1, -0.05) is 49.0 Å². The highest BCUT2D eigenvalue weighted by Crippen LogP contribution is 2.22. The van der Waals surface area contributed by atoms with Crippen LogP contribution in [0.2, 0.25) is 0 Å². The van der Waals surface area contributed by atoms with E-state index in [0.29, 0.717) is 29.0 Å². The first kappa shape index (κ1) is 18.5. The summed E-state index contributed by atoms with van der Waals surface area (Å²) < 4.78 is 20.2. The van der Waals surface area contributed by atoms with Gasteiger partial charge in [-0.2, -0.15) is 0 Å². The summed E-state index contributed by atoms with van der Waals surface area (Å²) in [5.41, 5.74) is 1.65. The maximum atomic E-state index is 13.2. The fraction of sp³-hybridized carbons (Fsp3) is 0.143. The highest BCUT2D eigenvalue weighted by molar-refractivity contribution is 5.77. The Balaban J connectivity index is 1.94. The molecule has 0 atom stereocenters. The molecular weight excluding hydrogens is 347 g/mol. The molecule has 0 saturated carbocycles. The van der Waals surface area contributed by atoms with Gasteiger partial charge in [-0.15, -0.1) is 0 Å². The number of nitrogens with zero attached hydrogens (tertiary/aromatic N) is 1. The van der Waals surface area contributed by atoms with Gasteiger partial charge in [-0.05, 0) is 35.8 Å². The van der Waals surface area contributed by atoms with Crippen LogP contribution < -0.4 is 11.2 Å². The maximum absolute atomic E-state index is 13.2. The maximum Gasteiger partial charge on any atom is 0.330 e. The molecule has 0 unspecified atom stereocenters. The molecular formula is C21H19FN2O3. The molecule has 0 radical (unpaired) electrons. The Labute approximate surface area is 155 Å². The highest BCUT2D eigenvalue weighted by Gasteiger charge is 2.16. The van der Waals surface area contributed by atoms with Crippen LogP contribution in [0, 0.1) is 12.7 Å². The average Bonchev–Trinajstić information content (AvgIpc) is 2.67. The third-order valence-electron chi connectivity index (χ3n) is 4.24. The zero-order valence-electron chi connectivity index (χ0n) is 14.9. The normalized spacial score (nSPS) is 10.7. The molecule has 1 N–H and O–H groups in total. The van der Waals surface area contributed by atoms with E-state index in [1.807, 2.05) is 30.3 Å². The van der Waals surface area contributed by atoms with Crippen LogP contribution in [0.25, 0.3) is 5.57 Å². The first-order valence-electron chi connectivity index (χ1n) is 8.38. The van der Waals surface area contributed by atoms with E-state index < -0.39 is 11.2 Å². The Bertz CT molecular complexity index is 1070. The Hall–Kier alpha value is -3.25. The lowest BCUT2D eigenvalue weighted by Gasteiger charge is -2.17. The van der Waals surface area contributed by atoms with Crippen LogP contribution in [0.1, 0.15) is 22.4 Å². The van der Waals surface area contributed by atoms with Crippen molar-refractivity contribution in [2.75, 3.05) is 0 Å². The Kier molecular flexibility index (Phi) is 5.47. The molecule has 0 aliphatic rings. The number of ether oxygens (including phenoxy) is 1.